The molecule has 5 heteroatoms. The van der Waals surface area contributed by atoms with Crippen LogP contribution in [0.25, 0.3) is 0 Å². The molecule has 4 nitrogen and oxygen atoms in total. The molecule has 1 aromatic carbocycles. The minimum absolute atomic E-state index is 0.00626. The molecule has 2 rings (SSSR count). The summed E-state index contributed by atoms with van der Waals surface area (Å²) in [4.78, 5) is 14.0. The zero-order chi connectivity index (χ0) is 13.1. The van der Waals surface area contributed by atoms with E-state index in [1.165, 1.54) is 0 Å². The van der Waals surface area contributed by atoms with Crippen LogP contribution in [0.15, 0.2) is 23.4 Å². The van der Waals surface area contributed by atoms with Crippen LogP contribution < -0.4 is 0 Å². The lowest BCUT2D eigenvalue weighted by Gasteiger charge is -2.27. The highest BCUT2D eigenvalue weighted by molar-refractivity contribution is 6.31. The lowest BCUT2D eigenvalue weighted by molar-refractivity contribution is 0.0753. The number of oxime groups is 1. The Morgan fingerprint density at radius 1 is 1.39 bits per heavy atom. The van der Waals surface area contributed by atoms with E-state index in [9.17, 15) is 4.79 Å². The first-order valence-electron chi connectivity index (χ1n) is 5.87. The van der Waals surface area contributed by atoms with Crippen LogP contribution in [-0.4, -0.2) is 34.8 Å². The Hall–Kier alpha value is -1.55. The van der Waals surface area contributed by atoms with E-state index in [-0.39, 0.29) is 5.91 Å². The number of halogens is 1. The summed E-state index contributed by atoms with van der Waals surface area (Å²) in [5.41, 5.74) is 2.31. The molecule has 18 heavy (non-hydrogen) atoms. The standard InChI is InChI=1S/C13H15ClN2O2/c1-9-8-10(2-3-12(9)14)13(17)16-6-4-11(15-18)5-7-16/h2-3,8,18H,4-7H2,1H3. The largest absolute Gasteiger partial charge is 0.411 e. The number of carbonyl (C=O) groups excluding carboxylic acids is 1. The van der Waals surface area contributed by atoms with E-state index in [0.717, 1.165) is 11.3 Å². The SMILES string of the molecule is Cc1cc(C(=O)N2CCC(=NO)CC2)ccc1Cl. The van der Waals surface area contributed by atoms with E-state index in [4.69, 9.17) is 16.8 Å². The number of nitrogens with zero attached hydrogens (tertiary/aromatic N) is 2. The van der Waals surface area contributed by atoms with Crippen LogP contribution in [0.2, 0.25) is 5.02 Å². The van der Waals surface area contributed by atoms with Gasteiger partial charge < -0.3 is 10.1 Å². The second-order valence-corrected chi connectivity index (χ2v) is 4.83. The Morgan fingerprint density at radius 2 is 2.06 bits per heavy atom. The van der Waals surface area contributed by atoms with Gasteiger partial charge in [0.25, 0.3) is 5.91 Å². The fourth-order valence-electron chi connectivity index (χ4n) is 2.03. The number of likely N-dealkylation sites (tertiary alicyclic amines) is 1. The Morgan fingerprint density at radius 3 is 2.61 bits per heavy atom. The van der Waals surface area contributed by atoms with E-state index in [1.54, 1.807) is 23.1 Å². The Balaban J connectivity index is 2.10. The maximum Gasteiger partial charge on any atom is 0.253 e. The summed E-state index contributed by atoms with van der Waals surface area (Å²) in [5.74, 6) is 0.00626. The van der Waals surface area contributed by atoms with Crippen LogP contribution in [0, 0.1) is 6.92 Å². The zero-order valence-electron chi connectivity index (χ0n) is 10.2. The van der Waals surface area contributed by atoms with Crippen molar-refractivity contribution in [2.45, 2.75) is 19.8 Å². The van der Waals surface area contributed by atoms with E-state index in [1.807, 2.05) is 6.92 Å². The molecule has 0 saturated carbocycles. The van der Waals surface area contributed by atoms with Crippen LogP contribution >= 0.6 is 11.6 Å². The molecule has 0 atom stereocenters. The van der Waals surface area contributed by atoms with Crippen molar-refractivity contribution in [2.75, 3.05) is 13.1 Å². The van der Waals surface area contributed by atoms with Crippen LogP contribution in [0.3, 0.4) is 0 Å². The number of rotatable bonds is 1. The van der Waals surface area contributed by atoms with Crippen LogP contribution in [0.1, 0.15) is 28.8 Å². The first-order valence-corrected chi connectivity index (χ1v) is 6.25. The van der Waals surface area contributed by atoms with Gasteiger partial charge in [-0.2, -0.15) is 0 Å². The molecule has 1 N–H and O–H groups in total. The third-order valence-electron chi connectivity index (χ3n) is 3.17. The van der Waals surface area contributed by atoms with Crippen molar-refractivity contribution in [2.24, 2.45) is 5.16 Å². The molecule has 1 fully saturated rings. The van der Waals surface area contributed by atoms with Gasteiger partial charge in [-0.3, -0.25) is 4.79 Å². The van der Waals surface area contributed by atoms with Crippen LogP contribution in [0.5, 0.6) is 0 Å². The predicted molar refractivity (Wildman–Crippen MR) is 70.5 cm³/mol. The summed E-state index contributed by atoms with van der Waals surface area (Å²) in [6.07, 6.45) is 1.27. The number of piperidine rings is 1. The summed E-state index contributed by atoms with van der Waals surface area (Å²) in [5, 5.41) is 12.5. The lowest BCUT2D eigenvalue weighted by Crippen LogP contribution is -2.38. The van der Waals surface area contributed by atoms with Crippen molar-refractivity contribution in [3.05, 3.63) is 34.3 Å². The van der Waals surface area contributed by atoms with Gasteiger partial charge >= 0.3 is 0 Å². The highest BCUT2D eigenvalue weighted by Gasteiger charge is 2.21. The summed E-state index contributed by atoms with van der Waals surface area (Å²) >= 11 is 5.94. The van der Waals surface area contributed by atoms with Gasteiger partial charge in [0.05, 0.1) is 5.71 Å². The predicted octanol–water partition coefficient (Wildman–Crippen LogP) is 2.71. The molecule has 0 aromatic heterocycles. The second kappa shape index (κ2) is 5.40. The average Bonchev–Trinajstić information content (AvgIpc) is 2.41. The van der Waals surface area contributed by atoms with E-state index in [0.29, 0.717) is 36.5 Å². The Labute approximate surface area is 111 Å². The first-order chi connectivity index (χ1) is 8.61. The molecule has 1 aliphatic heterocycles. The number of benzene rings is 1. The third kappa shape index (κ3) is 2.64. The molecule has 1 saturated heterocycles. The monoisotopic (exact) mass is 266 g/mol. The lowest BCUT2D eigenvalue weighted by atomic mass is 10.1. The summed E-state index contributed by atoms with van der Waals surface area (Å²) in [6.45, 7) is 3.08. The fraction of sp³-hybridized carbons (Fsp3) is 0.385. The molecule has 1 heterocycles. The normalized spacial score (nSPS) is 15.7. The van der Waals surface area contributed by atoms with Gasteiger partial charge in [-0.15, -0.1) is 0 Å². The molecule has 1 aliphatic rings. The number of hydrogen-bond acceptors (Lipinski definition) is 3. The number of hydrogen-bond donors (Lipinski definition) is 1. The molecule has 96 valence electrons. The van der Waals surface area contributed by atoms with Crippen molar-refractivity contribution in [1.29, 1.82) is 0 Å². The summed E-state index contributed by atoms with van der Waals surface area (Å²) in [7, 11) is 0. The van der Waals surface area contributed by atoms with E-state index < -0.39 is 0 Å². The van der Waals surface area contributed by atoms with Gasteiger partial charge in [-0.25, -0.2) is 0 Å². The first kappa shape index (κ1) is 12.9. The summed E-state index contributed by atoms with van der Waals surface area (Å²) in [6, 6.07) is 5.29. The molecular formula is C13H15ClN2O2. The van der Waals surface area contributed by atoms with Crippen LogP contribution in [-0.2, 0) is 0 Å². The molecule has 0 unspecified atom stereocenters. The van der Waals surface area contributed by atoms with Crippen LogP contribution in [0.4, 0.5) is 0 Å². The maximum atomic E-state index is 12.2. The quantitative estimate of drug-likeness (QED) is 0.628. The molecule has 0 aliphatic carbocycles. The minimum atomic E-state index is 0.00626. The molecule has 0 spiro atoms. The number of amides is 1. The highest BCUT2D eigenvalue weighted by Crippen LogP contribution is 2.18. The third-order valence-corrected chi connectivity index (χ3v) is 3.60. The van der Waals surface area contributed by atoms with E-state index >= 15 is 0 Å². The van der Waals surface area contributed by atoms with Gasteiger partial charge in [0, 0.05) is 36.5 Å². The zero-order valence-corrected chi connectivity index (χ0v) is 10.9. The molecule has 0 bridgehead atoms. The molecule has 1 aromatic rings. The van der Waals surface area contributed by atoms with E-state index in [2.05, 4.69) is 5.16 Å². The number of aryl methyl sites for hydroxylation is 1. The topological polar surface area (TPSA) is 52.9 Å². The highest BCUT2D eigenvalue weighted by atomic mass is 35.5. The Kier molecular flexibility index (Phi) is 3.87. The molecular weight excluding hydrogens is 252 g/mol. The average molecular weight is 267 g/mol. The van der Waals surface area contributed by atoms with Gasteiger partial charge in [-0.05, 0) is 30.7 Å². The number of carbonyl (C=O) groups is 1. The van der Waals surface area contributed by atoms with Crippen molar-refractivity contribution in [3.8, 4) is 0 Å². The maximum absolute atomic E-state index is 12.2. The van der Waals surface area contributed by atoms with Crippen molar-refractivity contribution < 1.29 is 10.0 Å². The van der Waals surface area contributed by atoms with Gasteiger partial charge in [0.15, 0.2) is 0 Å². The Bertz CT molecular complexity index is 490. The van der Waals surface area contributed by atoms with Gasteiger partial charge in [0.1, 0.15) is 0 Å². The summed E-state index contributed by atoms with van der Waals surface area (Å²) < 4.78 is 0. The molecule has 1 amide bonds. The molecule has 0 radical (unpaired) electrons. The van der Waals surface area contributed by atoms with Crippen molar-refractivity contribution in [1.82, 2.24) is 4.90 Å². The fourth-order valence-corrected chi connectivity index (χ4v) is 2.15. The van der Waals surface area contributed by atoms with Crippen molar-refractivity contribution >= 4 is 23.2 Å². The minimum Gasteiger partial charge on any atom is -0.411 e. The smallest absolute Gasteiger partial charge is 0.253 e. The van der Waals surface area contributed by atoms with Gasteiger partial charge in [0.2, 0.25) is 0 Å². The van der Waals surface area contributed by atoms with Gasteiger partial charge in [-0.1, -0.05) is 16.8 Å². The van der Waals surface area contributed by atoms with Crippen molar-refractivity contribution in [3.63, 3.8) is 0 Å². The second-order valence-electron chi connectivity index (χ2n) is 4.42.